The molecule has 128 valence electrons. The molecule has 0 fully saturated rings. The van der Waals surface area contributed by atoms with E-state index in [1.165, 1.54) is 15.6 Å². The van der Waals surface area contributed by atoms with E-state index in [0.29, 0.717) is 3.63 Å². The number of benzene rings is 1. The Morgan fingerprint density at radius 3 is 2.17 bits per heavy atom. The van der Waals surface area contributed by atoms with Gasteiger partial charge in [0.1, 0.15) is 0 Å². The van der Waals surface area contributed by atoms with Crippen molar-refractivity contribution in [2.45, 2.75) is 45.2 Å². The first-order valence-corrected chi connectivity index (χ1v) is 11.3. The average molecular weight is 473 g/mol. The third kappa shape index (κ3) is 3.21. The largest absolute Gasteiger partial charge is 1.00 e. The monoisotopic (exact) mass is 470 g/mol. The van der Waals surface area contributed by atoms with E-state index in [4.69, 9.17) is 0 Å². The molecule has 0 nitrogen and oxygen atoms in total. The molecule has 0 bridgehead atoms. The number of hydrogen-bond donors (Lipinski definition) is 0. The molecule has 0 heterocycles. The zero-order valence-corrected chi connectivity index (χ0v) is 19.1. The fourth-order valence-corrected chi connectivity index (χ4v) is 9.04. The third-order valence-corrected chi connectivity index (χ3v) is 12.0. The SMILES string of the molecule is CC1=Cc2c(Br)cccc2[CH]1[Zr+2][C]1=C(C)C(C)=C(C)C1(C)C.[F-].[F-]. The standard InChI is InChI=1S/C10H8Br.C10H15.2FH.Zr/c1-7-5-8-3-2-4-10(11)9(8)6-7;1-7-6-10(4,5)9(3)8(7)2;;;/h2-6H,1H3;1-5H3;2*1H;/q;;;;+2/p-2. The van der Waals surface area contributed by atoms with Crippen LogP contribution in [0.1, 0.15) is 56.3 Å². The minimum atomic E-state index is -0.713. The third-order valence-electron chi connectivity index (χ3n) is 5.58. The molecule has 2 aliphatic carbocycles. The Morgan fingerprint density at radius 1 is 1.00 bits per heavy atom. The quantitative estimate of drug-likeness (QED) is 0.593. The van der Waals surface area contributed by atoms with Gasteiger partial charge in [0, 0.05) is 0 Å². The van der Waals surface area contributed by atoms with E-state index in [1.807, 2.05) is 0 Å². The van der Waals surface area contributed by atoms with Gasteiger partial charge >= 0.3 is 155 Å². The predicted octanol–water partition coefficient (Wildman–Crippen LogP) is 0.648. The number of fused-ring (bicyclic) bond motifs is 1. The topological polar surface area (TPSA) is 0 Å². The van der Waals surface area contributed by atoms with Gasteiger partial charge < -0.3 is 9.41 Å². The van der Waals surface area contributed by atoms with Crippen LogP contribution in [0, 0.1) is 5.41 Å². The Morgan fingerprint density at radius 2 is 1.62 bits per heavy atom. The minimum absolute atomic E-state index is 0. The van der Waals surface area contributed by atoms with Crippen molar-refractivity contribution in [1.29, 1.82) is 0 Å². The number of rotatable bonds is 2. The maximum Gasteiger partial charge on any atom is -1.00 e. The summed E-state index contributed by atoms with van der Waals surface area (Å²) in [6.07, 6.45) is 2.40. The van der Waals surface area contributed by atoms with E-state index in [0.717, 1.165) is 0 Å². The van der Waals surface area contributed by atoms with Crippen LogP contribution in [0.4, 0.5) is 0 Å². The van der Waals surface area contributed by atoms with Crippen LogP contribution in [0.2, 0.25) is 0 Å². The van der Waals surface area contributed by atoms with Crippen molar-refractivity contribution in [3.63, 3.8) is 0 Å². The van der Waals surface area contributed by atoms with Crippen molar-refractivity contribution in [1.82, 2.24) is 0 Å². The molecule has 0 spiro atoms. The summed E-state index contributed by atoms with van der Waals surface area (Å²) in [5, 5.41) is 0. The molecule has 0 saturated heterocycles. The molecule has 1 aromatic carbocycles. The normalized spacial score (nSPS) is 21.0. The summed E-state index contributed by atoms with van der Waals surface area (Å²) >= 11 is 3.01. The maximum atomic E-state index is 3.72. The van der Waals surface area contributed by atoms with Gasteiger partial charge in [-0.05, 0) is 0 Å². The number of allylic oxidation sites excluding steroid dienone is 5. The van der Waals surface area contributed by atoms with Gasteiger partial charge in [-0.15, -0.1) is 0 Å². The van der Waals surface area contributed by atoms with Crippen molar-refractivity contribution in [3.05, 3.63) is 59.4 Å². The van der Waals surface area contributed by atoms with Crippen LogP contribution in [-0.2, 0) is 23.2 Å². The zero-order chi connectivity index (χ0) is 16.2. The van der Waals surface area contributed by atoms with Crippen molar-refractivity contribution in [3.8, 4) is 0 Å². The average Bonchev–Trinajstić information content (AvgIpc) is 2.85. The molecular weight excluding hydrogens is 449 g/mol. The molecule has 1 atom stereocenters. The maximum absolute atomic E-state index is 3.72. The van der Waals surface area contributed by atoms with Crippen LogP contribution < -0.4 is 9.41 Å². The summed E-state index contributed by atoms with van der Waals surface area (Å²) in [7, 11) is 0. The fourth-order valence-electron chi connectivity index (χ4n) is 3.73. The molecule has 0 aliphatic heterocycles. The van der Waals surface area contributed by atoms with E-state index >= 15 is 0 Å². The van der Waals surface area contributed by atoms with Gasteiger partial charge in [0.15, 0.2) is 0 Å². The number of halogens is 3. The van der Waals surface area contributed by atoms with Crippen molar-refractivity contribution >= 4 is 22.0 Å². The van der Waals surface area contributed by atoms with Crippen molar-refractivity contribution in [2.24, 2.45) is 5.41 Å². The second-order valence-corrected chi connectivity index (χ2v) is 11.3. The Bertz CT molecular complexity index is 757. The van der Waals surface area contributed by atoms with E-state index in [1.54, 1.807) is 25.6 Å². The molecule has 0 N–H and O–H groups in total. The first kappa shape index (κ1) is 21.7. The summed E-state index contributed by atoms with van der Waals surface area (Å²) in [5.74, 6) is 0. The Balaban J connectivity index is 0.00000144. The molecule has 2 aliphatic rings. The second-order valence-electron chi connectivity index (χ2n) is 7.08. The van der Waals surface area contributed by atoms with Crippen LogP contribution in [0.3, 0.4) is 0 Å². The molecule has 0 amide bonds. The van der Waals surface area contributed by atoms with Gasteiger partial charge in [-0.2, -0.15) is 0 Å². The summed E-state index contributed by atoms with van der Waals surface area (Å²) < 4.78 is 3.73. The van der Waals surface area contributed by atoms with Gasteiger partial charge in [-0.3, -0.25) is 0 Å². The Labute approximate surface area is 163 Å². The molecule has 1 aromatic rings. The molecule has 24 heavy (non-hydrogen) atoms. The minimum Gasteiger partial charge on any atom is -1.00 e. The predicted molar refractivity (Wildman–Crippen MR) is 95.4 cm³/mol. The molecule has 4 heteroatoms. The van der Waals surface area contributed by atoms with Gasteiger partial charge in [0.2, 0.25) is 0 Å². The van der Waals surface area contributed by atoms with E-state index in [9.17, 15) is 0 Å². The van der Waals surface area contributed by atoms with Crippen LogP contribution in [0.15, 0.2) is 48.2 Å². The summed E-state index contributed by atoms with van der Waals surface area (Å²) in [6.45, 7) is 14.2. The molecule has 3 rings (SSSR count). The molecule has 0 saturated carbocycles. The molecule has 1 unspecified atom stereocenters. The van der Waals surface area contributed by atoms with Gasteiger partial charge in [-0.1, -0.05) is 0 Å². The van der Waals surface area contributed by atoms with Gasteiger partial charge in [0.05, 0.1) is 0 Å². The van der Waals surface area contributed by atoms with Crippen molar-refractivity contribution in [2.75, 3.05) is 0 Å². The zero-order valence-electron chi connectivity index (χ0n) is 15.0. The van der Waals surface area contributed by atoms with Crippen LogP contribution in [-0.4, -0.2) is 0 Å². The summed E-state index contributed by atoms with van der Waals surface area (Å²) in [5.41, 5.74) is 9.51. The summed E-state index contributed by atoms with van der Waals surface area (Å²) in [6, 6.07) is 6.69. The van der Waals surface area contributed by atoms with Crippen molar-refractivity contribution < 1.29 is 32.6 Å². The smallest absolute Gasteiger partial charge is 1.00 e. The van der Waals surface area contributed by atoms with Gasteiger partial charge in [-0.25, -0.2) is 0 Å². The van der Waals surface area contributed by atoms with E-state index < -0.39 is 23.2 Å². The number of hydrogen-bond acceptors (Lipinski definition) is 0. The van der Waals surface area contributed by atoms with E-state index in [-0.39, 0.29) is 14.8 Å². The first-order valence-electron chi connectivity index (χ1n) is 7.88. The van der Waals surface area contributed by atoms with Crippen LogP contribution in [0.5, 0.6) is 0 Å². The Kier molecular flexibility index (Phi) is 6.78. The van der Waals surface area contributed by atoms with Crippen LogP contribution >= 0.6 is 15.9 Å². The molecule has 0 aromatic heterocycles. The molecular formula is C20H23BrF2Zr. The van der Waals surface area contributed by atoms with Gasteiger partial charge in [0.25, 0.3) is 0 Å². The first-order chi connectivity index (χ1) is 10.2. The Hall–Kier alpha value is -0.337. The second kappa shape index (κ2) is 7.50. The molecule has 0 radical (unpaired) electrons. The van der Waals surface area contributed by atoms with Crippen LogP contribution in [0.25, 0.3) is 6.08 Å². The van der Waals surface area contributed by atoms with E-state index in [2.05, 4.69) is 81.7 Å². The fraction of sp³-hybridized carbons (Fsp3) is 0.400. The summed E-state index contributed by atoms with van der Waals surface area (Å²) in [4.78, 5) is 0.